The van der Waals surface area contributed by atoms with Crippen LogP contribution in [-0.2, 0) is 14.8 Å². The highest BCUT2D eigenvalue weighted by molar-refractivity contribution is 7.92. The first-order valence-corrected chi connectivity index (χ1v) is 8.95. The first-order chi connectivity index (χ1) is 11.4. The highest BCUT2D eigenvalue weighted by atomic mass is 35.5. The van der Waals surface area contributed by atoms with Gasteiger partial charge in [-0.2, -0.15) is 0 Å². The maximum atomic E-state index is 12.5. The SMILES string of the molecule is COCCNC(=O)c1ccc(Cl)c(S(=O)(=O)Nc2ccccc2)c1. The fourth-order valence-electron chi connectivity index (χ4n) is 1.94. The molecule has 2 N–H and O–H groups in total. The van der Waals surface area contributed by atoms with E-state index in [1.165, 1.54) is 25.3 Å². The van der Waals surface area contributed by atoms with E-state index in [1.54, 1.807) is 30.3 Å². The summed E-state index contributed by atoms with van der Waals surface area (Å²) in [5, 5.41) is 2.66. The molecule has 0 atom stereocenters. The summed E-state index contributed by atoms with van der Waals surface area (Å²) in [5.41, 5.74) is 0.604. The summed E-state index contributed by atoms with van der Waals surface area (Å²) in [7, 11) is -2.39. The number of methoxy groups -OCH3 is 1. The molecule has 0 saturated carbocycles. The third-order valence-corrected chi connectivity index (χ3v) is 4.96. The number of hydrogen-bond donors (Lipinski definition) is 2. The Labute approximate surface area is 145 Å². The van der Waals surface area contributed by atoms with Gasteiger partial charge in [0.1, 0.15) is 4.90 Å². The summed E-state index contributed by atoms with van der Waals surface area (Å²) in [4.78, 5) is 11.9. The second-order valence-electron chi connectivity index (χ2n) is 4.87. The van der Waals surface area contributed by atoms with Crippen LogP contribution in [0.3, 0.4) is 0 Å². The zero-order valence-corrected chi connectivity index (χ0v) is 14.5. The second kappa shape index (κ2) is 8.14. The molecule has 0 aromatic heterocycles. The lowest BCUT2D eigenvalue weighted by Crippen LogP contribution is -2.27. The van der Waals surface area contributed by atoms with Gasteiger partial charge in [0.15, 0.2) is 0 Å². The van der Waals surface area contributed by atoms with Crippen molar-refractivity contribution in [1.82, 2.24) is 5.32 Å². The van der Waals surface area contributed by atoms with E-state index >= 15 is 0 Å². The van der Waals surface area contributed by atoms with Gasteiger partial charge in [-0.15, -0.1) is 0 Å². The van der Waals surface area contributed by atoms with Gasteiger partial charge in [0.25, 0.3) is 15.9 Å². The van der Waals surface area contributed by atoms with Gasteiger partial charge >= 0.3 is 0 Å². The molecule has 0 unspecified atom stereocenters. The van der Waals surface area contributed by atoms with Crippen molar-refractivity contribution >= 4 is 33.2 Å². The van der Waals surface area contributed by atoms with Crippen molar-refractivity contribution in [2.24, 2.45) is 0 Å². The van der Waals surface area contributed by atoms with Gasteiger partial charge in [0, 0.05) is 24.9 Å². The smallest absolute Gasteiger partial charge is 0.263 e. The van der Waals surface area contributed by atoms with Gasteiger partial charge in [-0.05, 0) is 30.3 Å². The molecule has 0 fully saturated rings. The number of rotatable bonds is 7. The Balaban J connectivity index is 2.26. The Morgan fingerprint density at radius 1 is 1.17 bits per heavy atom. The highest BCUT2D eigenvalue weighted by Crippen LogP contribution is 2.25. The van der Waals surface area contributed by atoms with Crippen LogP contribution in [0.5, 0.6) is 0 Å². The number of benzene rings is 2. The highest BCUT2D eigenvalue weighted by Gasteiger charge is 2.20. The van der Waals surface area contributed by atoms with Gasteiger partial charge in [0.2, 0.25) is 0 Å². The topological polar surface area (TPSA) is 84.5 Å². The third-order valence-electron chi connectivity index (χ3n) is 3.10. The van der Waals surface area contributed by atoms with Crippen LogP contribution >= 0.6 is 11.6 Å². The van der Waals surface area contributed by atoms with Crippen LogP contribution in [0, 0.1) is 0 Å². The standard InChI is InChI=1S/C16H17ClN2O4S/c1-23-10-9-18-16(20)12-7-8-14(17)15(11-12)24(21,22)19-13-5-3-2-4-6-13/h2-8,11,19H,9-10H2,1H3,(H,18,20). The van der Waals surface area contributed by atoms with E-state index in [9.17, 15) is 13.2 Å². The molecule has 2 rings (SSSR count). The van der Waals surface area contributed by atoms with Crippen LogP contribution in [-0.4, -0.2) is 34.6 Å². The molecule has 0 aliphatic carbocycles. The maximum Gasteiger partial charge on any atom is 0.263 e. The Kier molecular flexibility index (Phi) is 6.19. The molecule has 128 valence electrons. The van der Waals surface area contributed by atoms with Gasteiger partial charge in [-0.1, -0.05) is 29.8 Å². The fourth-order valence-corrected chi connectivity index (χ4v) is 3.52. The second-order valence-corrected chi connectivity index (χ2v) is 6.92. The van der Waals surface area contributed by atoms with E-state index in [2.05, 4.69) is 10.0 Å². The number of sulfonamides is 1. The van der Waals surface area contributed by atoms with Gasteiger partial charge < -0.3 is 10.1 Å². The molecule has 8 heteroatoms. The van der Waals surface area contributed by atoms with Crippen LogP contribution in [0.4, 0.5) is 5.69 Å². The zero-order chi connectivity index (χ0) is 17.6. The molecule has 0 aliphatic heterocycles. The lowest BCUT2D eigenvalue weighted by Gasteiger charge is -2.11. The number of halogens is 1. The lowest BCUT2D eigenvalue weighted by molar-refractivity contribution is 0.0937. The summed E-state index contributed by atoms with van der Waals surface area (Å²) >= 11 is 6.01. The number of hydrogen-bond acceptors (Lipinski definition) is 4. The number of amides is 1. The molecule has 1 amide bonds. The van der Waals surface area contributed by atoms with Crippen LogP contribution in [0.2, 0.25) is 5.02 Å². The van der Waals surface area contributed by atoms with Crippen molar-refractivity contribution < 1.29 is 17.9 Å². The van der Waals surface area contributed by atoms with Crippen LogP contribution in [0.15, 0.2) is 53.4 Å². The van der Waals surface area contributed by atoms with Gasteiger partial charge in [-0.3, -0.25) is 9.52 Å². The molecule has 0 saturated heterocycles. The number of anilines is 1. The molecule has 0 aliphatic rings. The normalized spacial score (nSPS) is 11.1. The summed E-state index contributed by atoms with van der Waals surface area (Å²) in [6.45, 7) is 0.683. The maximum absolute atomic E-state index is 12.5. The van der Waals surface area contributed by atoms with Crippen LogP contribution < -0.4 is 10.0 Å². The molecule has 0 radical (unpaired) electrons. The fraction of sp³-hybridized carbons (Fsp3) is 0.188. The van der Waals surface area contributed by atoms with Crippen molar-refractivity contribution in [3.63, 3.8) is 0 Å². The minimum Gasteiger partial charge on any atom is -0.383 e. The van der Waals surface area contributed by atoms with Crippen LogP contribution in [0.1, 0.15) is 10.4 Å². The molecule has 0 spiro atoms. The van der Waals surface area contributed by atoms with Crippen molar-refractivity contribution in [1.29, 1.82) is 0 Å². The Hall–Kier alpha value is -2.09. The third kappa shape index (κ3) is 4.70. The molecular weight excluding hydrogens is 352 g/mol. The first-order valence-electron chi connectivity index (χ1n) is 7.08. The average molecular weight is 369 g/mol. The van der Waals surface area contributed by atoms with E-state index in [4.69, 9.17) is 16.3 Å². The lowest BCUT2D eigenvalue weighted by atomic mass is 10.2. The van der Waals surface area contributed by atoms with E-state index in [-0.39, 0.29) is 15.5 Å². The summed E-state index contributed by atoms with van der Waals surface area (Å²) in [5.74, 6) is -0.403. The number of carbonyl (C=O) groups excluding carboxylic acids is 1. The zero-order valence-electron chi connectivity index (χ0n) is 13.0. The Bertz CT molecular complexity index is 810. The number of nitrogens with one attached hydrogen (secondary N) is 2. The van der Waals surface area contributed by atoms with Gasteiger partial charge in [-0.25, -0.2) is 8.42 Å². The predicted octanol–water partition coefficient (Wildman–Crippen LogP) is 2.52. The van der Waals surface area contributed by atoms with E-state index in [0.29, 0.717) is 18.8 Å². The number of ether oxygens (including phenoxy) is 1. The first kappa shape index (κ1) is 18.3. The van der Waals surface area contributed by atoms with Crippen LogP contribution in [0.25, 0.3) is 0 Å². The molecule has 0 bridgehead atoms. The van der Waals surface area contributed by atoms with E-state index in [1.807, 2.05) is 0 Å². The summed E-state index contributed by atoms with van der Waals surface area (Å²) in [6, 6.07) is 12.5. The molecule has 24 heavy (non-hydrogen) atoms. The molecular formula is C16H17ClN2O4S. The largest absolute Gasteiger partial charge is 0.383 e. The van der Waals surface area contributed by atoms with E-state index < -0.39 is 15.9 Å². The summed E-state index contributed by atoms with van der Waals surface area (Å²) in [6.07, 6.45) is 0. The minimum absolute atomic E-state index is 0.0341. The van der Waals surface area contributed by atoms with Crippen molar-refractivity contribution in [3.8, 4) is 0 Å². The summed E-state index contributed by atoms with van der Waals surface area (Å²) < 4.78 is 32.3. The Morgan fingerprint density at radius 3 is 2.54 bits per heavy atom. The number of para-hydroxylation sites is 1. The quantitative estimate of drug-likeness (QED) is 0.735. The predicted molar refractivity (Wildman–Crippen MR) is 92.9 cm³/mol. The molecule has 6 nitrogen and oxygen atoms in total. The van der Waals surface area contributed by atoms with Crippen molar-refractivity contribution in [2.75, 3.05) is 25.0 Å². The van der Waals surface area contributed by atoms with Crippen molar-refractivity contribution in [3.05, 3.63) is 59.1 Å². The monoisotopic (exact) mass is 368 g/mol. The van der Waals surface area contributed by atoms with Gasteiger partial charge in [0.05, 0.1) is 11.6 Å². The molecule has 2 aromatic rings. The molecule has 2 aromatic carbocycles. The minimum atomic E-state index is -3.91. The average Bonchev–Trinajstić information content (AvgIpc) is 2.55. The van der Waals surface area contributed by atoms with E-state index in [0.717, 1.165) is 0 Å². The number of carbonyl (C=O) groups is 1. The van der Waals surface area contributed by atoms with Crippen molar-refractivity contribution in [2.45, 2.75) is 4.90 Å². The molecule has 0 heterocycles. The Morgan fingerprint density at radius 2 is 1.88 bits per heavy atom.